The second kappa shape index (κ2) is 6.96. The molecular formula is C12H14N2O3Se2. The third-order valence-corrected chi connectivity index (χ3v) is 10.0. The number of carbonyl (C=O) groups is 1. The van der Waals surface area contributed by atoms with Gasteiger partial charge in [-0.2, -0.15) is 0 Å². The molecule has 0 spiro atoms. The normalized spacial score (nSPS) is 16.5. The molecule has 2 rings (SSSR count). The van der Waals surface area contributed by atoms with Crippen molar-refractivity contribution in [2.24, 2.45) is 5.16 Å². The summed E-state index contributed by atoms with van der Waals surface area (Å²) in [7, 11) is 0. The van der Waals surface area contributed by atoms with Crippen LogP contribution >= 0.6 is 0 Å². The van der Waals surface area contributed by atoms with E-state index in [4.69, 9.17) is 5.21 Å². The predicted molar refractivity (Wildman–Crippen MR) is 74.1 cm³/mol. The molecular weight excluding hydrogens is 378 g/mol. The van der Waals surface area contributed by atoms with Gasteiger partial charge in [-0.1, -0.05) is 0 Å². The van der Waals surface area contributed by atoms with Gasteiger partial charge in [0.05, 0.1) is 0 Å². The minimum absolute atomic E-state index is 0.109. The number of phenolic OH excluding ortho intramolecular Hbond substituents is 1. The summed E-state index contributed by atoms with van der Waals surface area (Å²) in [6, 6.07) is 6.75. The van der Waals surface area contributed by atoms with Crippen molar-refractivity contribution in [3.8, 4) is 5.75 Å². The fourth-order valence-corrected chi connectivity index (χ4v) is 10.0. The Morgan fingerprint density at radius 3 is 2.53 bits per heavy atom. The number of hydrogen-bond donors (Lipinski definition) is 3. The third-order valence-electron chi connectivity index (χ3n) is 2.65. The number of amides is 1. The van der Waals surface area contributed by atoms with E-state index in [-0.39, 0.29) is 29.8 Å². The first-order valence-electron chi connectivity index (χ1n) is 5.73. The van der Waals surface area contributed by atoms with E-state index in [9.17, 15) is 9.90 Å². The summed E-state index contributed by atoms with van der Waals surface area (Å²) in [6.07, 6.45) is 0.256. The van der Waals surface area contributed by atoms with Crippen LogP contribution in [0.4, 0.5) is 0 Å². The number of benzene rings is 1. The van der Waals surface area contributed by atoms with E-state index >= 15 is 0 Å². The molecule has 7 heteroatoms. The first-order chi connectivity index (χ1) is 9.19. The molecule has 0 unspecified atom stereocenters. The average molecular weight is 392 g/mol. The van der Waals surface area contributed by atoms with Crippen molar-refractivity contribution in [2.75, 3.05) is 0 Å². The standard InChI is InChI=1S/C12H14N2O3Se2/c15-10-3-1-8(2-4-10)5-11(14-17)12(16)13-9-6-18-19-7-9/h1-4,9,15,17H,5-7H2,(H,13,16)/b14-11+. The summed E-state index contributed by atoms with van der Waals surface area (Å²) in [5.41, 5.74) is 0.929. The van der Waals surface area contributed by atoms with Gasteiger partial charge in [-0.3, -0.25) is 0 Å². The maximum atomic E-state index is 12.0. The van der Waals surface area contributed by atoms with Crippen LogP contribution in [0.15, 0.2) is 29.4 Å². The average Bonchev–Trinajstić information content (AvgIpc) is 2.90. The number of nitrogens with zero attached hydrogens (tertiary/aromatic N) is 1. The van der Waals surface area contributed by atoms with Crippen LogP contribution in [0.25, 0.3) is 0 Å². The number of hydrogen-bond acceptors (Lipinski definition) is 4. The van der Waals surface area contributed by atoms with Crippen molar-refractivity contribution < 1.29 is 15.1 Å². The molecule has 5 nitrogen and oxygen atoms in total. The van der Waals surface area contributed by atoms with Gasteiger partial charge in [-0.25, -0.2) is 0 Å². The van der Waals surface area contributed by atoms with E-state index in [0.717, 1.165) is 16.2 Å². The van der Waals surface area contributed by atoms with Crippen molar-refractivity contribution in [3.05, 3.63) is 29.8 Å². The molecule has 1 aromatic rings. The van der Waals surface area contributed by atoms with Crippen molar-refractivity contribution in [1.82, 2.24) is 5.32 Å². The quantitative estimate of drug-likeness (QED) is 0.301. The summed E-state index contributed by atoms with van der Waals surface area (Å²) in [4.78, 5) is 12.0. The van der Waals surface area contributed by atoms with Gasteiger partial charge in [0.1, 0.15) is 0 Å². The van der Waals surface area contributed by atoms with E-state index in [1.807, 2.05) is 0 Å². The molecule has 1 heterocycles. The van der Waals surface area contributed by atoms with Crippen molar-refractivity contribution in [3.63, 3.8) is 0 Å². The van der Waals surface area contributed by atoms with Crippen LogP contribution in [0.1, 0.15) is 5.56 Å². The van der Waals surface area contributed by atoms with Crippen LogP contribution in [0, 0.1) is 0 Å². The van der Waals surface area contributed by atoms with Crippen LogP contribution in [-0.4, -0.2) is 54.2 Å². The van der Waals surface area contributed by atoms with Crippen LogP contribution in [0.3, 0.4) is 0 Å². The maximum absolute atomic E-state index is 12.0. The minimum atomic E-state index is -0.297. The van der Waals surface area contributed by atoms with Gasteiger partial charge in [-0.05, 0) is 0 Å². The molecule has 1 amide bonds. The van der Waals surface area contributed by atoms with E-state index in [1.165, 1.54) is 0 Å². The zero-order valence-corrected chi connectivity index (χ0v) is 13.5. The number of oxime groups is 1. The number of carbonyl (C=O) groups excluding carboxylic acids is 1. The fraction of sp³-hybridized carbons (Fsp3) is 0.333. The van der Waals surface area contributed by atoms with Gasteiger partial charge < -0.3 is 0 Å². The van der Waals surface area contributed by atoms with Crippen LogP contribution < -0.4 is 5.32 Å². The molecule has 1 fully saturated rings. The van der Waals surface area contributed by atoms with Gasteiger partial charge >= 0.3 is 122 Å². The van der Waals surface area contributed by atoms with Gasteiger partial charge in [0.2, 0.25) is 0 Å². The third kappa shape index (κ3) is 4.25. The molecule has 3 N–H and O–H groups in total. The molecule has 1 aromatic carbocycles. The van der Waals surface area contributed by atoms with Gasteiger partial charge in [0.25, 0.3) is 0 Å². The Morgan fingerprint density at radius 1 is 1.32 bits per heavy atom. The Morgan fingerprint density at radius 2 is 1.95 bits per heavy atom. The summed E-state index contributed by atoms with van der Waals surface area (Å²) < 4.78 is 0. The molecule has 0 bridgehead atoms. The van der Waals surface area contributed by atoms with Crippen LogP contribution in [0.5, 0.6) is 5.75 Å². The van der Waals surface area contributed by atoms with Crippen molar-refractivity contribution >= 4 is 37.9 Å². The van der Waals surface area contributed by atoms with Gasteiger partial charge in [0, 0.05) is 0 Å². The SMILES string of the molecule is O=C(NC1C[Se][Se]C1)/C(Cc1ccc(O)cc1)=N/O. The molecule has 0 saturated carbocycles. The molecule has 1 aliphatic rings. The molecule has 0 radical (unpaired) electrons. The summed E-state index contributed by atoms with van der Waals surface area (Å²) in [5, 5.41) is 26.3. The zero-order valence-electron chi connectivity index (χ0n) is 10.1. The monoisotopic (exact) mass is 394 g/mol. The number of rotatable bonds is 4. The van der Waals surface area contributed by atoms with Crippen LogP contribution in [-0.2, 0) is 11.2 Å². The molecule has 102 valence electrons. The zero-order chi connectivity index (χ0) is 13.7. The molecule has 19 heavy (non-hydrogen) atoms. The van der Waals surface area contributed by atoms with E-state index in [1.54, 1.807) is 24.3 Å². The Bertz CT molecular complexity index is 470. The Hall–Kier alpha value is -1.00. The summed E-state index contributed by atoms with van der Waals surface area (Å²) >= 11 is 1.39. The number of aromatic hydroxyl groups is 1. The van der Waals surface area contributed by atoms with Gasteiger partial charge in [-0.15, -0.1) is 0 Å². The Balaban J connectivity index is 1.95. The number of phenols is 1. The van der Waals surface area contributed by atoms with E-state index in [2.05, 4.69) is 10.5 Å². The van der Waals surface area contributed by atoms with Gasteiger partial charge in [0.15, 0.2) is 0 Å². The summed E-state index contributed by atoms with van der Waals surface area (Å²) in [6.45, 7) is 0. The molecule has 0 atom stereocenters. The summed E-state index contributed by atoms with van der Waals surface area (Å²) in [5.74, 6) is -0.125. The molecule has 1 saturated heterocycles. The predicted octanol–water partition coefficient (Wildman–Crippen LogP) is 0.423. The van der Waals surface area contributed by atoms with Crippen LogP contribution in [0.2, 0.25) is 10.6 Å². The second-order valence-electron chi connectivity index (χ2n) is 4.13. The molecule has 0 aromatic heterocycles. The first kappa shape index (κ1) is 14.4. The second-order valence-corrected chi connectivity index (χ2v) is 11.7. The number of nitrogens with one attached hydrogen (secondary N) is 1. The van der Waals surface area contributed by atoms with E-state index in [0.29, 0.717) is 26.3 Å². The first-order valence-corrected chi connectivity index (χ1v) is 12.5. The van der Waals surface area contributed by atoms with Crippen molar-refractivity contribution in [2.45, 2.75) is 23.1 Å². The Kier molecular flexibility index (Phi) is 5.28. The van der Waals surface area contributed by atoms with Crippen molar-refractivity contribution in [1.29, 1.82) is 0 Å². The molecule has 0 aliphatic carbocycles. The topological polar surface area (TPSA) is 81.9 Å². The molecule has 1 aliphatic heterocycles. The Labute approximate surface area is 122 Å². The fourth-order valence-electron chi connectivity index (χ4n) is 1.63. The van der Waals surface area contributed by atoms with E-state index < -0.39 is 0 Å².